The number of fused-ring (bicyclic) bond motifs is 2. The fraction of sp³-hybridized carbons (Fsp3) is 0.440. The molecule has 1 heterocycles. The van der Waals surface area contributed by atoms with Crippen molar-refractivity contribution in [1.29, 1.82) is 0 Å². The highest BCUT2D eigenvalue weighted by Gasteiger charge is 2.24. The van der Waals surface area contributed by atoms with E-state index in [0.717, 1.165) is 25.1 Å². The number of aryl methyl sites for hydroxylation is 1. The van der Waals surface area contributed by atoms with Gasteiger partial charge in [0.05, 0.1) is 0 Å². The summed E-state index contributed by atoms with van der Waals surface area (Å²) in [5.74, 6) is 0. The van der Waals surface area contributed by atoms with Gasteiger partial charge in [-0.3, -0.25) is 0 Å². The number of aromatic nitrogens is 1. The molecule has 3 nitrogen and oxygen atoms in total. The van der Waals surface area contributed by atoms with Crippen LogP contribution in [0.25, 0.3) is 10.9 Å². The van der Waals surface area contributed by atoms with Crippen LogP contribution in [0.1, 0.15) is 49.3 Å². The summed E-state index contributed by atoms with van der Waals surface area (Å²) >= 11 is 0. The number of nitrogens with two attached hydrogens (primary N) is 1. The summed E-state index contributed by atoms with van der Waals surface area (Å²) < 4.78 is 0. The van der Waals surface area contributed by atoms with Gasteiger partial charge in [0.2, 0.25) is 0 Å². The molecule has 0 saturated carbocycles. The second kappa shape index (κ2) is 8.83. The summed E-state index contributed by atoms with van der Waals surface area (Å²) in [6, 6.07) is 15.7. The first-order chi connectivity index (χ1) is 13.8. The Morgan fingerprint density at radius 1 is 1.07 bits per heavy atom. The maximum Gasteiger partial charge on any atom is 0.0456 e. The number of anilines is 1. The van der Waals surface area contributed by atoms with Gasteiger partial charge < -0.3 is 15.6 Å². The van der Waals surface area contributed by atoms with Crippen molar-refractivity contribution in [3.05, 3.63) is 65.4 Å². The zero-order valence-corrected chi connectivity index (χ0v) is 17.1. The summed E-state index contributed by atoms with van der Waals surface area (Å²) in [6.07, 6.45) is 10.7. The largest absolute Gasteiger partial charge is 0.398 e. The number of para-hydroxylation sites is 1. The Morgan fingerprint density at radius 2 is 1.96 bits per heavy atom. The van der Waals surface area contributed by atoms with E-state index in [2.05, 4.69) is 59.4 Å². The maximum atomic E-state index is 6.17. The number of benzene rings is 2. The van der Waals surface area contributed by atoms with Gasteiger partial charge in [0.15, 0.2) is 0 Å². The van der Waals surface area contributed by atoms with Crippen LogP contribution in [0.4, 0.5) is 5.69 Å². The molecular formula is C25H33N3. The van der Waals surface area contributed by atoms with Crippen molar-refractivity contribution >= 4 is 16.6 Å². The van der Waals surface area contributed by atoms with Crippen LogP contribution in [0.5, 0.6) is 0 Å². The number of unbranched alkanes of at least 4 members (excludes halogenated alkanes) is 2. The van der Waals surface area contributed by atoms with Crippen molar-refractivity contribution in [3.8, 4) is 0 Å². The van der Waals surface area contributed by atoms with Crippen molar-refractivity contribution < 1.29 is 0 Å². The van der Waals surface area contributed by atoms with E-state index < -0.39 is 0 Å². The Labute approximate surface area is 168 Å². The molecule has 3 heteroatoms. The zero-order chi connectivity index (χ0) is 19.3. The van der Waals surface area contributed by atoms with E-state index in [9.17, 15) is 0 Å². The van der Waals surface area contributed by atoms with Crippen molar-refractivity contribution in [2.45, 2.75) is 57.9 Å². The van der Waals surface area contributed by atoms with E-state index in [-0.39, 0.29) is 0 Å². The lowest BCUT2D eigenvalue weighted by atomic mass is 9.86. The van der Waals surface area contributed by atoms with Gasteiger partial charge in [0.25, 0.3) is 0 Å². The number of likely N-dealkylation sites (N-methyl/N-ethyl adjacent to an activating group) is 1. The highest BCUT2D eigenvalue weighted by Crippen LogP contribution is 2.28. The molecule has 0 aliphatic heterocycles. The standard InChI is InChI=1S/C25H33N3/c1-2-28(21-14-15-22-19(17-21)10-8-12-24(22)26)16-7-3-4-9-20-18-27-25-13-6-5-11-23(20)25/h5-6,8,10-13,18,21,27H,2-4,7,9,14-17,26H2,1H3. The normalized spacial score (nSPS) is 16.6. The van der Waals surface area contributed by atoms with Gasteiger partial charge in [0.1, 0.15) is 0 Å². The Bertz CT molecular complexity index is 911. The predicted molar refractivity (Wildman–Crippen MR) is 120 cm³/mol. The lowest BCUT2D eigenvalue weighted by molar-refractivity contribution is 0.185. The molecule has 1 aliphatic carbocycles. The third-order valence-electron chi connectivity index (χ3n) is 6.48. The summed E-state index contributed by atoms with van der Waals surface area (Å²) in [4.78, 5) is 6.09. The van der Waals surface area contributed by atoms with E-state index in [4.69, 9.17) is 5.73 Å². The average Bonchev–Trinajstić information content (AvgIpc) is 3.14. The van der Waals surface area contributed by atoms with Crippen LogP contribution in [-0.2, 0) is 19.3 Å². The molecule has 3 N–H and O–H groups in total. The van der Waals surface area contributed by atoms with Gasteiger partial charge in [-0.2, -0.15) is 0 Å². The minimum atomic E-state index is 0.674. The molecule has 1 aliphatic rings. The van der Waals surface area contributed by atoms with Gasteiger partial charge in [0, 0.05) is 28.8 Å². The molecule has 0 amide bonds. The van der Waals surface area contributed by atoms with E-state index >= 15 is 0 Å². The van der Waals surface area contributed by atoms with Crippen LogP contribution >= 0.6 is 0 Å². The van der Waals surface area contributed by atoms with E-state index in [1.807, 2.05) is 6.07 Å². The van der Waals surface area contributed by atoms with Crippen molar-refractivity contribution in [2.24, 2.45) is 0 Å². The van der Waals surface area contributed by atoms with Crippen LogP contribution in [0.2, 0.25) is 0 Å². The molecule has 2 aromatic carbocycles. The minimum absolute atomic E-state index is 0.674. The first kappa shape index (κ1) is 19.1. The van der Waals surface area contributed by atoms with E-state index in [1.54, 1.807) is 0 Å². The summed E-state index contributed by atoms with van der Waals surface area (Å²) in [6.45, 7) is 4.66. The van der Waals surface area contributed by atoms with Crippen molar-refractivity contribution in [1.82, 2.24) is 9.88 Å². The van der Waals surface area contributed by atoms with Gasteiger partial charge in [-0.25, -0.2) is 0 Å². The number of nitrogens with one attached hydrogen (secondary N) is 1. The molecule has 1 atom stereocenters. The first-order valence-electron chi connectivity index (χ1n) is 10.9. The van der Waals surface area contributed by atoms with Crippen LogP contribution in [0, 0.1) is 0 Å². The number of hydrogen-bond donors (Lipinski definition) is 2. The third-order valence-corrected chi connectivity index (χ3v) is 6.48. The fourth-order valence-electron chi connectivity index (χ4n) is 4.87. The highest BCUT2D eigenvalue weighted by atomic mass is 15.1. The number of nitrogens with zero attached hydrogens (tertiary/aromatic N) is 1. The Hall–Kier alpha value is -2.26. The van der Waals surface area contributed by atoms with Crippen LogP contribution < -0.4 is 5.73 Å². The molecule has 0 fully saturated rings. The Kier molecular flexibility index (Phi) is 6.01. The Morgan fingerprint density at radius 3 is 2.86 bits per heavy atom. The van der Waals surface area contributed by atoms with Crippen LogP contribution in [0.3, 0.4) is 0 Å². The van der Waals surface area contributed by atoms with Crippen LogP contribution in [-0.4, -0.2) is 29.0 Å². The number of hydrogen-bond acceptors (Lipinski definition) is 2. The molecule has 0 saturated heterocycles. The quantitative estimate of drug-likeness (QED) is 0.412. The highest BCUT2D eigenvalue weighted by molar-refractivity contribution is 5.82. The summed E-state index contributed by atoms with van der Waals surface area (Å²) in [5, 5.41) is 1.39. The lowest BCUT2D eigenvalue weighted by Gasteiger charge is -2.35. The number of rotatable bonds is 8. The van der Waals surface area contributed by atoms with Gasteiger partial charge in [-0.1, -0.05) is 43.7 Å². The molecule has 1 aromatic heterocycles. The monoisotopic (exact) mass is 375 g/mol. The number of H-pyrrole nitrogens is 1. The summed E-state index contributed by atoms with van der Waals surface area (Å²) in [7, 11) is 0. The average molecular weight is 376 g/mol. The molecule has 4 rings (SSSR count). The van der Waals surface area contributed by atoms with Crippen molar-refractivity contribution in [3.63, 3.8) is 0 Å². The molecule has 0 spiro atoms. The molecular weight excluding hydrogens is 342 g/mol. The Balaban J connectivity index is 1.25. The molecule has 148 valence electrons. The SMILES string of the molecule is CCN(CCCCCc1c[nH]c2ccccc12)C1CCc2c(N)cccc2C1. The van der Waals surface area contributed by atoms with E-state index in [0.29, 0.717) is 6.04 Å². The third kappa shape index (κ3) is 4.10. The van der Waals surface area contributed by atoms with Crippen LogP contribution in [0.15, 0.2) is 48.7 Å². The molecule has 28 heavy (non-hydrogen) atoms. The van der Waals surface area contributed by atoms with E-state index in [1.165, 1.54) is 66.2 Å². The second-order valence-corrected chi connectivity index (χ2v) is 8.18. The first-order valence-corrected chi connectivity index (χ1v) is 10.9. The fourth-order valence-corrected chi connectivity index (χ4v) is 4.87. The zero-order valence-electron chi connectivity index (χ0n) is 17.1. The smallest absolute Gasteiger partial charge is 0.0456 e. The van der Waals surface area contributed by atoms with Gasteiger partial charge in [-0.05, 0) is 80.4 Å². The summed E-state index contributed by atoms with van der Waals surface area (Å²) in [5.41, 5.74) is 12.7. The molecule has 0 bridgehead atoms. The minimum Gasteiger partial charge on any atom is -0.398 e. The molecule has 1 unspecified atom stereocenters. The topological polar surface area (TPSA) is 45.0 Å². The number of nitrogen functional groups attached to an aromatic ring is 1. The second-order valence-electron chi connectivity index (χ2n) is 8.18. The van der Waals surface area contributed by atoms with Gasteiger partial charge >= 0.3 is 0 Å². The molecule has 3 aromatic rings. The van der Waals surface area contributed by atoms with Crippen molar-refractivity contribution in [2.75, 3.05) is 18.8 Å². The molecule has 0 radical (unpaired) electrons. The lowest BCUT2D eigenvalue weighted by Crippen LogP contribution is -2.40. The number of aromatic amines is 1. The predicted octanol–water partition coefficient (Wildman–Crippen LogP) is 5.34. The van der Waals surface area contributed by atoms with Gasteiger partial charge in [-0.15, -0.1) is 0 Å². The maximum absolute atomic E-state index is 6.17.